The number of aromatic nitrogens is 1. The number of hydrogen-bond acceptors (Lipinski definition) is 3. The van der Waals surface area contributed by atoms with Crippen LogP contribution in [-0.4, -0.2) is 28.4 Å². The summed E-state index contributed by atoms with van der Waals surface area (Å²) in [6.07, 6.45) is 2.97. The third-order valence-corrected chi connectivity index (χ3v) is 3.45. The number of rotatable bonds is 3. The lowest BCUT2D eigenvalue weighted by Crippen LogP contribution is -2.33. The van der Waals surface area contributed by atoms with Crippen molar-refractivity contribution in [2.24, 2.45) is 11.7 Å². The van der Waals surface area contributed by atoms with E-state index in [9.17, 15) is 9.59 Å². The minimum atomic E-state index is -0.590. The molecule has 1 fully saturated rings. The highest BCUT2D eigenvalue weighted by Crippen LogP contribution is 2.26. The van der Waals surface area contributed by atoms with Gasteiger partial charge in [0, 0.05) is 5.39 Å². The van der Waals surface area contributed by atoms with Gasteiger partial charge in [-0.1, -0.05) is 50.1 Å². The molecule has 5 N–H and O–H groups in total. The Balaban J connectivity index is 0.000000323. The molecule has 1 aromatic carbocycles. The van der Waals surface area contributed by atoms with Crippen molar-refractivity contribution in [1.82, 2.24) is 10.3 Å². The molecule has 2 aromatic rings. The van der Waals surface area contributed by atoms with Gasteiger partial charge in [0.25, 0.3) is 5.91 Å². The maximum Gasteiger partial charge on any atom is 0.268 e. The van der Waals surface area contributed by atoms with Crippen LogP contribution in [0.4, 0.5) is 0 Å². The highest BCUT2D eigenvalue weighted by atomic mass is 35.5. The summed E-state index contributed by atoms with van der Waals surface area (Å²) in [7, 11) is 0. The average Bonchev–Trinajstić information content (AvgIpc) is 3.16. The van der Waals surface area contributed by atoms with E-state index < -0.39 is 11.8 Å². The molecule has 1 aliphatic rings. The van der Waals surface area contributed by atoms with Crippen molar-refractivity contribution in [2.45, 2.75) is 26.7 Å². The van der Waals surface area contributed by atoms with Gasteiger partial charge >= 0.3 is 0 Å². The Kier molecular flexibility index (Phi) is 8.01. The summed E-state index contributed by atoms with van der Waals surface area (Å²) in [5, 5.41) is 11.6. The summed E-state index contributed by atoms with van der Waals surface area (Å²) in [5.41, 5.74) is 5.97. The van der Waals surface area contributed by atoms with Gasteiger partial charge in [-0.25, -0.2) is 0 Å². The van der Waals surface area contributed by atoms with Crippen LogP contribution in [0.25, 0.3) is 10.9 Å². The van der Waals surface area contributed by atoms with Crippen LogP contribution in [0.3, 0.4) is 0 Å². The number of hydrogen-bond donors (Lipinski definition) is 4. The number of nitrogens with one attached hydrogen (secondary N) is 2. The molecule has 3 rings (SSSR count). The summed E-state index contributed by atoms with van der Waals surface area (Å²) in [4.78, 5) is 25.1. The van der Waals surface area contributed by atoms with Gasteiger partial charge in [-0.05, 0) is 25.0 Å². The van der Waals surface area contributed by atoms with E-state index in [4.69, 9.17) is 22.4 Å². The number of carbonyl (C=O) groups is 2. The van der Waals surface area contributed by atoms with Crippen molar-refractivity contribution in [2.75, 3.05) is 6.54 Å². The lowest BCUT2D eigenvalue weighted by molar-refractivity contribution is -0.117. The van der Waals surface area contributed by atoms with Gasteiger partial charge < -0.3 is 21.1 Å². The number of aliphatic hydroxyl groups is 1. The zero-order valence-corrected chi connectivity index (χ0v) is 15.2. The predicted molar refractivity (Wildman–Crippen MR) is 101 cm³/mol. The monoisotopic (exact) mass is 365 g/mol. The van der Waals surface area contributed by atoms with Crippen LogP contribution in [0, 0.1) is 5.92 Å². The lowest BCUT2D eigenvalue weighted by Gasteiger charge is -1.99. The van der Waals surface area contributed by atoms with Crippen LogP contribution >= 0.6 is 11.6 Å². The average molecular weight is 366 g/mol. The second kappa shape index (κ2) is 9.74. The molecular formula is C18H24ClN3O3. The third kappa shape index (κ3) is 8.26. The molecule has 1 aliphatic carbocycles. The minimum absolute atomic E-state index is 0.167. The predicted octanol–water partition coefficient (Wildman–Crippen LogP) is 3.53. The number of fused-ring (bicyclic) bond motifs is 1. The number of amides is 2. The Hall–Kier alpha value is -2.47. The van der Waals surface area contributed by atoms with E-state index in [0.717, 1.165) is 11.3 Å². The molecule has 7 heteroatoms. The van der Waals surface area contributed by atoms with Crippen LogP contribution < -0.4 is 11.1 Å². The van der Waals surface area contributed by atoms with Gasteiger partial charge in [0.05, 0.1) is 22.8 Å². The van der Waals surface area contributed by atoms with Gasteiger partial charge in [0.1, 0.15) is 5.69 Å². The van der Waals surface area contributed by atoms with Gasteiger partial charge in [-0.3, -0.25) is 9.59 Å². The normalized spacial score (nSPS) is 12.3. The van der Waals surface area contributed by atoms with Crippen molar-refractivity contribution in [3.05, 3.63) is 47.3 Å². The molecule has 1 heterocycles. The van der Waals surface area contributed by atoms with Crippen molar-refractivity contribution in [1.29, 1.82) is 0 Å². The highest BCUT2D eigenvalue weighted by molar-refractivity contribution is 6.35. The molecule has 1 aromatic heterocycles. The van der Waals surface area contributed by atoms with Crippen molar-refractivity contribution < 1.29 is 14.7 Å². The summed E-state index contributed by atoms with van der Waals surface area (Å²) >= 11 is 5.97. The fourth-order valence-corrected chi connectivity index (χ4v) is 1.90. The maximum absolute atomic E-state index is 11.6. The van der Waals surface area contributed by atoms with E-state index in [0.29, 0.717) is 16.2 Å². The quantitative estimate of drug-likeness (QED) is 0.624. The number of halogens is 1. The number of nitrogens with two attached hydrogens (primary N) is 1. The Morgan fingerprint density at radius 2 is 2.00 bits per heavy atom. The first-order chi connectivity index (χ1) is 11.7. The number of aliphatic hydroxyl groups excluding tert-OH is 1. The highest BCUT2D eigenvalue weighted by Gasteiger charge is 2.12. The zero-order valence-electron chi connectivity index (χ0n) is 14.4. The first-order valence-corrected chi connectivity index (χ1v) is 8.26. The van der Waals surface area contributed by atoms with E-state index >= 15 is 0 Å². The lowest BCUT2D eigenvalue weighted by atomic mass is 10.2. The molecule has 2 amide bonds. The van der Waals surface area contributed by atoms with E-state index in [1.807, 2.05) is 6.07 Å². The second-order valence-electron chi connectivity index (χ2n) is 5.95. The zero-order chi connectivity index (χ0) is 19.0. The molecule has 6 nitrogen and oxygen atoms in total. The SMILES string of the molecule is C=C(C)O.CC1CC1.NC(=O)CNC(=O)c1cc2cccc(Cl)c2[nH]1. The Bertz CT molecular complexity index is 747. The summed E-state index contributed by atoms with van der Waals surface area (Å²) in [6.45, 7) is 6.72. The van der Waals surface area contributed by atoms with Gasteiger partial charge in [-0.15, -0.1) is 0 Å². The van der Waals surface area contributed by atoms with Gasteiger partial charge in [0.2, 0.25) is 5.91 Å². The molecular weight excluding hydrogens is 342 g/mol. The Morgan fingerprint density at radius 3 is 2.44 bits per heavy atom. The van der Waals surface area contributed by atoms with Crippen LogP contribution in [-0.2, 0) is 4.79 Å². The number of primary amides is 1. The first-order valence-electron chi connectivity index (χ1n) is 7.89. The molecule has 136 valence electrons. The molecule has 0 aliphatic heterocycles. The van der Waals surface area contributed by atoms with E-state index in [2.05, 4.69) is 23.8 Å². The van der Waals surface area contributed by atoms with Crippen LogP contribution in [0.5, 0.6) is 0 Å². The van der Waals surface area contributed by atoms with Crippen LogP contribution in [0.1, 0.15) is 37.2 Å². The van der Waals surface area contributed by atoms with Crippen molar-refractivity contribution in [3.63, 3.8) is 0 Å². The fraction of sp³-hybridized carbons (Fsp3) is 0.333. The fourth-order valence-electron chi connectivity index (χ4n) is 1.67. The summed E-state index contributed by atoms with van der Waals surface area (Å²) in [5.74, 6) is 0.267. The number of H-pyrrole nitrogens is 1. The number of aromatic amines is 1. The molecule has 1 saturated carbocycles. The van der Waals surface area contributed by atoms with Gasteiger partial charge in [-0.2, -0.15) is 0 Å². The van der Waals surface area contributed by atoms with E-state index in [1.165, 1.54) is 19.8 Å². The maximum atomic E-state index is 11.6. The molecule has 0 unspecified atom stereocenters. The Morgan fingerprint density at radius 1 is 1.44 bits per heavy atom. The number of para-hydroxylation sites is 1. The molecule has 0 bridgehead atoms. The smallest absolute Gasteiger partial charge is 0.268 e. The number of carbonyl (C=O) groups excluding carboxylic acids is 2. The van der Waals surface area contributed by atoms with E-state index in [-0.39, 0.29) is 12.3 Å². The third-order valence-electron chi connectivity index (χ3n) is 3.14. The van der Waals surface area contributed by atoms with Crippen molar-refractivity contribution >= 4 is 34.3 Å². The number of allylic oxidation sites excluding steroid dienone is 1. The molecule has 25 heavy (non-hydrogen) atoms. The molecule has 0 spiro atoms. The second-order valence-corrected chi connectivity index (χ2v) is 6.36. The first kappa shape index (κ1) is 20.6. The largest absolute Gasteiger partial charge is 0.513 e. The summed E-state index contributed by atoms with van der Waals surface area (Å²) in [6, 6.07) is 7.02. The minimum Gasteiger partial charge on any atom is -0.513 e. The standard InChI is InChI=1S/C11H10ClN3O2.C4H8.C3H6O/c12-7-3-1-2-6-4-8(15-10(6)7)11(17)14-5-9(13)16;1-4-2-3-4;1-3(2)4/h1-4,15H,5H2,(H2,13,16)(H,14,17);4H,2-3H2,1H3;4H,1H2,2H3. The van der Waals surface area contributed by atoms with Gasteiger partial charge in [0.15, 0.2) is 0 Å². The molecule has 0 saturated heterocycles. The van der Waals surface area contributed by atoms with Crippen molar-refractivity contribution in [3.8, 4) is 0 Å². The Labute approximate surface area is 152 Å². The summed E-state index contributed by atoms with van der Waals surface area (Å²) < 4.78 is 0. The van der Waals surface area contributed by atoms with Crippen LogP contribution in [0.15, 0.2) is 36.6 Å². The molecule has 0 atom stereocenters. The van der Waals surface area contributed by atoms with Crippen LogP contribution in [0.2, 0.25) is 5.02 Å². The topological polar surface area (TPSA) is 108 Å². The number of benzene rings is 1. The molecule has 0 radical (unpaired) electrons. The van der Waals surface area contributed by atoms with E-state index in [1.54, 1.807) is 18.2 Å².